The molecule has 0 aliphatic carbocycles. The summed E-state index contributed by atoms with van der Waals surface area (Å²) in [6.07, 6.45) is 1.86. The Hall–Kier alpha value is -0.450. The minimum Gasteiger partial charge on any atom is -0.309 e. The Morgan fingerprint density at radius 3 is 2.50 bits per heavy atom. The highest BCUT2D eigenvalue weighted by molar-refractivity contribution is 7.09. The molecule has 0 fully saturated rings. The summed E-state index contributed by atoms with van der Waals surface area (Å²) < 4.78 is 0. The highest BCUT2D eigenvalue weighted by Crippen LogP contribution is 2.04. The van der Waals surface area contributed by atoms with Gasteiger partial charge >= 0.3 is 0 Å². The zero-order chi connectivity index (χ0) is 12.0. The lowest BCUT2D eigenvalue weighted by atomic mass is 10.2. The quantitative estimate of drug-likeness (QED) is 0.743. The molecular weight excluding hydrogens is 218 g/mol. The fourth-order valence-electron chi connectivity index (χ4n) is 1.86. The molecule has 0 amide bonds. The van der Waals surface area contributed by atoms with E-state index in [1.54, 1.807) is 11.3 Å². The standard InChI is InChI=1S/C12H23N3S/c1-10(2)15(11(3)4)7-5-13-9-12-14-6-8-16-12/h6,8,10-11,13H,5,7,9H2,1-4H3. The number of nitrogens with zero attached hydrogens (tertiary/aromatic N) is 2. The van der Waals surface area contributed by atoms with E-state index in [9.17, 15) is 0 Å². The number of nitrogens with one attached hydrogen (secondary N) is 1. The molecule has 92 valence electrons. The maximum Gasteiger partial charge on any atom is 0.106 e. The van der Waals surface area contributed by atoms with Crippen molar-refractivity contribution in [2.75, 3.05) is 13.1 Å². The summed E-state index contributed by atoms with van der Waals surface area (Å²) in [6.45, 7) is 12.0. The Labute approximate surface area is 103 Å². The Bertz CT molecular complexity index is 262. The largest absolute Gasteiger partial charge is 0.309 e. The molecule has 0 radical (unpaired) electrons. The van der Waals surface area contributed by atoms with Gasteiger partial charge in [-0.25, -0.2) is 4.98 Å². The molecule has 1 N–H and O–H groups in total. The van der Waals surface area contributed by atoms with Gasteiger partial charge in [0.05, 0.1) is 0 Å². The van der Waals surface area contributed by atoms with Crippen LogP contribution in [-0.2, 0) is 6.54 Å². The number of hydrogen-bond acceptors (Lipinski definition) is 4. The average molecular weight is 241 g/mol. The van der Waals surface area contributed by atoms with Crippen LogP contribution in [0.3, 0.4) is 0 Å². The summed E-state index contributed by atoms with van der Waals surface area (Å²) in [5.74, 6) is 0. The van der Waals surface area contributed by atoms with Crippen molar-refractivity contribution >= 4 is 11.3 Å². The van der Waals surface area contributed by atoms with Gasteiger partial charge in [-0.05, 0) is 27.7 Å². The second kappa shape index (κ2) is 6.99. The smallest absolute Gasteiger partial charge is 0.106 e. The third kappa shape index (κ3) is 4.60. The van der Waals surface area contributed by atoms with Gasteiger partial charge in [-0.1, -0.05) is 0 Å². The molecule has 0 unspecified atom stereocenters. The molecule has 1 heterocycles. The van der Waals surface area contributed by atoms with Crippen LogP contribution in [0.2, 0.25) is 0 Å². The fraction of sp³-hybridized carbons (Fsp3) is 0.750. The normalized spacial score (nSPS) is 11.9. The molecule has 1 aromatic rings. The van der Waals surface area contributed by atoms with Crippen molar-refractivity contribution < 1.29 is 0 Å². The molecule has 0 aliphatic rings. The Kier molecular flexibility index (Phi) is 5.95. The van der Waals surface area contributed by atoms with E-state index >= 15 is 0 Å². The fourth-order valence-corrected chi connectivity index (χ4v) is 2.44. The van der Waals surface area contributed by atoms with E-state index in [2.05, 4.69) is 42.9 Å². The van der Waals surface area contributed by atoms with E-state index in [0.29, 0.717) is 12.1 Å². The molecule has 4 heteroatoms. The van der Waals surface area contributed by atoms with Gasteiger partial charge in [-0.2, -0.15) is 0 Å². The van der Waals surface area contributed by atoms with E-state index in [1.807, 2.05) is 11.6 Å². The third-order valence-electron chi connectivity index (χ3n) is 2.63. The number of aromatic nitrogens is 1. The molecule has 0 aromatic carbocycles. The second-order valence-corrected chi connectivity index (χ2v) is 5.51. The topological polar surface area (TPSA) is 28.2 Å². The van der Waals surface area contributed by atoms with Crippen LogP contribution in [0.5, 0.6) is 0 Å². The van der Waals surface area contributed by atoms with Crippen molar-refractivity contribution in [2.24, 2.45) is 0 Å². The van der Waals surface area contributed by atoms with E-state index in [-0.39, 0.29) is 0 Å². The Morgan fingerprint density at radius 1 is 1.31 bits per heavy atom. The molecule has 1 aromatic heterocycles. The van der Waals surface area contributed by atoms with Crippen molar-refractivity contribution in [1.29, 1.82) is 0 Å². The molecule has 0 saturated heterocycles. The maximum absolute atomic E-state index is 4.25. The van der Waals surface area contributed by atoms with Crippen LogP contribution in [0.25, 0.3) is 0 Å². The van der Waals surface area contributed by atoms with Gasteiger partial charge < -0.3 is 5.32 Å². The van der Waals surface area contributed by atoms with E-state index in [1.165, 1.54) is 5.01 Å². The first kappa shape index (κ1) is 13.6. The molecule has 0 spiro atoms. The third-order valence-corrected chi connectivity index (χ3v) is 3.41. The second-order valence-electron chi connectivity index (χ2n) is 4.53. The molecule has 3 nitrogen and oxygen atoms in total. The van der Waals surface area contributed by atoms with Crippen LogP contribution in [0, 0.1) is 0 Å². The molecule has 0 atom stereocenters. The minimum atomic E-state index is 0.613. The lowest BCUT2D eigenvalue weighted by molar-refractivity contribution is 0.176. The monoisotopic (exact) mass is 241 g/mol. The lowest BCUT2D eigenvalue weighted by Gasteiger charge is -2.30. The first-order valence-corrected chi connectivity index (χ1v) is 6.84. The summed E-state index contributed by atoms with van der Waals surface area (Å²) in [4.78, 5) is 6.74. The van der Waals surface area contributed by atoms with Crippen molar-refractivity contribution in [3.8, 4) is 0 Å². The molecule has 0 aliphatic heterocycles. The van der Waals surface area contributed by atoms with Gasteiger partial charge in [-0.3, -0.25) is 4.90 Å². The highest BCUT2D eigenvalue weighted by Gasteiger charge is 2.11. The van der Waals surface area contributed by atoms with Gasteiger partial charge in [0.25, 0.3) is 0 Å². The first-order chi connectivity index (χ1) is 7.61. The van der Waals surface area contributed by atoms with Crippen LogP contribution in [0.15, 0.2) is 11.6 Å². The Balaban J connectivity index is 2.18. The van der Waals surface area contributed by atoms with E-state index in [0.717, 1.165) is 19.6 Å². The van der Waals surface area contributed by atoms with E-state index < -0.39 is 0 Å². The molecular formula is C12H23N3S. The van der Waals surface area contributed by atoms with Crippen LogP contribution in [-0.4, -0.2) is 35.1 Å². The predicted octanol–water partition coefficient (Wildman–Crippen LogP) is 2.35. The summed E-state index contributed by atoms with van der Waals surface area (Å²) in [5, 5.41) is 6.62. The number of hydrogen-bond donors (Lipinski definition) is 1. The lowest BCUT2D eigenvalue weighted by Crippen LogP contribution is -2.41. The van der Waals surface area contributed by atoms with Gasteiger partial charge in [0, 0.05) is 43.3 Å². The summed E-state index contributed by atoms with van der Waals surface area (Å²) >= 11 is 1.71. The first-order valence-electron chi connectivity index (χ1n) is 5.96. The van der Waals surface area contributed by atoms with Crippen molar-refractivity contribution in [3.63, 3.8) is 0 Å². The van der Waals surface area contributed by atoms with Crippen molar-refractivity contribution in [1.82, 2.24) is 15.2 Å². The van der Waals surface area contributed by atoms with Crippen LogP contribution < -0.4 is 5.32 Å². The van der Waals surface area contributed by atoms with E-state index in [4.69, 9.17) is 0 Å². The molecule has 1 rings (SSSR count). The predicted molar refractivity (Wildman–Crippen MR) is 70.8 cm³/mol. The molecule has 16 heavy (non-hydrogen) atoms. The van der Waals surface area contributed by atoms with Crippen molar-refractivity contribution in [3.05, 3.63) is 16.6 Å². The zero-order valence-electron chi connectivity index (χ0n) is 10.7. The van der Waals surface area contributed by atoms with Gasteiger partial charge in [0.2, 0.25) is 0 Å². The minimum absolute atomic E-state index is 0.613. The van der Waals surface area contributed by atoms with Crippen LogP contribution in [0.1, 0.15) is 32.7 Å². The van der Waals surface area contributed by atoms with Crippen molar-refractivity contribution in [2.45, 2.75) is 46.3 Å². The maximum atomic E-state index is 4.25. The molecule has 0 bridgehead atoms. The number of thiazole rings is 1. The SMILES string of the molecule is CC(C)N(CCNCc1nccs1)C(C)C. The summed E-state index contributed by atoms with van der Waals surface area (Å²) in [5.41, 5.74) is 0. The highest BCUT2D eigenvalue weighted by atomic mass is 32.1. The average Bonchev–Trinajstić information content (AvgIpc) is 2.68. The van der Waals surface area contributed by atoms with Gasteiger partial charge in [-0.15, -0.1) is 11.3 Å². The van der Waals surface area contributed by atoms with Gasteiger partial charge in [0.15, 0.2) is 0 Å². The summed E-state index contributed by atoms with van der Waals surface area (Å²) in [7, 11) is 0. The number of rotatable bonds is 7. The molecule has 0 saturated carbocycles. The van der Waals surface area contributed by atoms with Crippen LogP contribution >= 0.6 is 11.3 Å². The van der Waals surface area contributed by atoms with Crippen LogP contribution in [0.4, 0.5) is 0 Å². The summed E-state index contributed by atoms with van der Waals surface area (Å²) in [6, 6.07) is 1.23. The Morgan fingerprint density at radius 2 is 2.00 bits per heavy atom. The van der Waals surface area contributed by atoms with Gasteiger partial charge in [0.1, 0.15) is 5.01 Å². The zero-order valence-corrected chi connectivity index (χ0v) is 11.5.